The Hall–Kier alpha value is -3.51. The quantitative estimate of drug-likeness (QED) is 0.316. The van der Waals surface area contributed by atoms with Crippen LogP contribution in [0.5, 0.6) is 0 Å². The minimum atomic E-state index is -1.88. The summed E-state index contributed by atoms with van der Waals surface area (Å²) >= 11 is 0. The molecule has 0 saturated carbocycles. The van der Waals surface area contributed by atoms with Crippen LogP contribution in [-0.4, -0.2) is 75.4 Å². The molecule has 6 rings (SSSR count). The van der Waals surface area contributed by atoms with Crippen molar-refractivity contribution in [2.45, 2.75) is 44.7 Å². The molecule has 3 N–H and O–H groups in total. The van der Waals surface area contributed by atoms with Gasteiger partial charge >= 0.3 is 12.1 Å². The number of carbonyl (C=O) groups is 2. The Labute approximate surface area is 236 Å². The zero-order chi connectivity index (χ0) is 27.6. The van der Waals surface area contributed by atoms with Crippen LogP contribution in [0.2, 0.25) is 0 Å². The number of cyclic esters (lactones) is 1. The number of halogens is 1. The van der Waals surface area contributed by atoms with Gasteiger partial charge in [0.15, 0.2) is 5.60 Å². The van der Waals surface area contributed by atoms with E-state index in [4.69, 9.17) is 9.72 Å². The van der Waals surface area contributed by atoms with Crippen molar-refractivity contribution in [1.29, 1.82) is 0 Å². The maximum absolute atomic E-state index is 13.5. The number of aromatic nitrogens is 2. The van der Waals surface area contributed by atoms with E-state index in [0.29, 0.717) is 44.1 Å². The molecule has 3 aromatic rings. The van der Waals surface area contributed by atoms with Gasteiger partial charge in [-0.05, 0) is 49.8 Å². The first-order valence-corrected chi connectivity index (χ1v) is 13.1. The van der Waals surface area contributed by atoms with E-state index in [0.717, 1.165) is 27.6 Å². The number of fused-ring (bicyclic) bond motifs is 5. The molecule has 11 nitrogen and oxygen atoms in total. The zero-order valence-electron chi connectivity index (χ0n) is 22.6. The third-order valence-corrected chi connectivity index (χ3v) is 8.16. The first-order chi connectivity index (χ1) is 18.6. The Morgan fingerprint density at radius 1 is 1.27 bits per heavy atom. The summed E-state index contributed by atoms with van der Waals surface area (Å²) in [5, 5.41) is 25.2. The van der Waals surface area contributed by atoms with E-state index >= 15 is 0 Å². The van der Waals surface area contributed by atoms with E-state index in [1.807, 2.05) is 37.2 Å². The predicted octanol–water partition coefficient (Wildman–Crippen LogP) is 2.19. The van der Waals surface area contributed by atoms with Gasteiger partial charge in [-0.2, -0.15) is 0 Å². The summed E-state index contributed by atoms with van der Waals surface area (Å²) in [5.74, 6) is -0.750. The predicted molar refractivity (Wildman–Crippen MR) is 150 cm³/mol. The Balaban J connectivity index is 0.00000323. The van der Waals surface area contributed by atoms with Gasteiger partial charge in [0.2, 0.25) is 0 Å². The highest BCUT2D eigenvalue weighted by Gasteiger charge is 2.45. The molecule has 212 valence electrons. The van der Waals surface area contributed by atoms with Gasteiger partial charge in [0.05, 0.1) is 35.1 Å². The maximum Gasteiger partial charge on any atom is 0.407 e. The molecule has 0 spiro atoms. The molecule has 12 heteroatoms. The highest BCUT2D eigenvalue weighted by atomic mass is 35.5. The Kier molecular flexibility index (Phi) is 7.11. The smallest absolute Gasteiger partial charge is 0.407 e. The number of carboxylic acid groups (broad SMARTS) is 1. The number of hydrogen-bond donors (Lipinski definition) is 3. The van der Waals surface area contributed by atoms with Crippen molar-refractivity contribution >= 4 is 35.4 Å². The summed E-state index contributed by atoms with van der Waals surface area (Å²) < 4.78 is 6.79. The highest BCUT2D eigenvalue weighted by molar-refractivity contribution is 5.89. The fourth-order valence-electron chi connectivity index (χ4n) is 6.14. The van der Waals surface area contributed by atoms with E-state index in [2.05, 4.69) is 5.32 Å². The molecule has 3 aliphatic heterocycles. The van der Waals surface area contributed by atoms with Gasteiger partial charge in [0.25, 0.3) is 5.56 Å². The van der Waals surface area contributed by atoms with Crippen LogP contribution in [0.25, 0.3) is 22.3 Å². The number of rotatable bonds is 4. The number of hydrogen-bond acceptors (Lipinski definition) is 8. The van der Waals surface area contributed by atoms with E-state index < -0.39 is 17.7 Å². The molecule has 0 radical (unpaired) electrons. The van der Waals surface area contributed by atoms with E-state index in [9.17, 15) is 24.6 Å². The molecule has 0 aliphatic carbocycles. The molecule has 40 heavy (non-hydrogen) atoms. The van der Waals surface area contributed by atoms with Crippen LogP contribution in [0.15, 0.2) is 29.1 Å². The number of ether oxygens (including phenoxy) is 1. The lowest BCUT2D eigenvalue weighted by Crippen LogP contribution is -2.48. The summed E-state index contributed by atoms with van der Waals surface area (Å²) in [7, 11) is 3.94. The average molecular weight is 570 g/mol. The topological polar surface area (TPSA) is 137 Å². The third kappa shape index (κ3) is 4.15. The molecule has 2 atom stereocenters. The second-order valence-electron chi connectivity index (χ2n) is 10.7. The molecule has 1 amide bonds. The highest BCUT2D eigenvalue weighted by Crippen LogP contribution is 2.40. The van der Waals surface area contributed by atoms with Crippen molar-refractivity contribution < 1.29 is 24.5 Å². The van der Waals surface area contributed by atoms with Crippen LogP contribution in [0, 0.1) is 0 Å². The normalized spacial score (nSPS) is 21.5. The van der Waals surface area contributed by atoms with Crippen molar-refractivity contribution in [1.82, 2.24) is 24.7 Å². The summed E-state index contributed by atoms with van der Waals surface area (Å²) in [6.45, 7) is 3.92. The number of esters is 1. The van der Waals surface area contributed by atoms with Gasteiger partial charge in [0, 0.05) is 42.7 Å². The van der Waals surface area contributed by atoms with Crippen LogP contribution in [0.1, 0.15) is 47.2 Å². The number of carbonyl (C=O) groups excluding carboxylic acids is 1. The summed E-state index contributed by atoms with van der Waals surface area (Å²) in [6.07, 6.45) is -0.863. The SMILES string of the molecule is CCC1(O)C(=O)OCc2c1cc1n(c2=O)Cc2cc3c(CN(C)C)c([C@H]4CNCCN4C(=O)O)ccc3nc2-1.Cl. The molecule has 1 saturated heterocycles. The summed E-state index contributed by atoms with van der Waals surface area (Å²) in [5.41, 5.74) is 3.09. The van der Waals surface area contributed by atoms with Gasteiger partial charge in [-0.3, -0.25) is 9.69 Å². The molecule has 5 heterocycles. The van der Waals surface area contributed by atoms with E-state index in [-0.39, 0.29) is 48.2 Å². The minimum Gasteiger partial charge on any atom is -0.465 e. The molecule has 1 fully saturated rings. The number of amides is 1. The Morgan fingerprint density at radius 2 is 2.05 bits per heavy atom. The fourth-order valence-corrected chi connectivity index (χ4v) is 6.14. The van der Waals surface area contributed by atoms with Gasteiger partial charge in [0.1, 0.15) is 6.61 Å². The number of piperazine rings is 1. The largest absolute Gasteiger partial charge is 0.465 e. The second kappa shape index (κ2) is 10.2. The van der Waals surface area contributed by atoms with Crippen molar-refractivity contribution in [2.75, 3.05) is 33.7 Å². The van der Waals surface area contributed by atoms with Crippen LogP contribution in [0.4, 0.5) is 4.79 Å². The first-order valence-electron chi connectivity index (χ1n) is 13.1. The number of benzene rings is 1. The van der Waals surface area contributed by atoms with E-state index in [1.165, 1.54) is 4.90 Å². The number of nitrogens with zero attached hydrogens (tertiary/aromatic N) is 4. The van der Waals surface area contributed by atoms with Crippen molar-refractivity contribution in [3.05, 3.63) is 62.4 Å². The van der Waals surface area contributed by atoms with Crippen LogP contribution in [0.3, 0.4) is 0 Å². The van der Waals surface area contributed by atoms with Gasteiger partial charge < -0.3 is 29.7 Å². The molecule has 3 aliphatic rings. The second-order valence-corrected chi connectivity index (χ2v) is 10.7. The minimum absolute atomic E-state index is 0. The van der Waals surface area contributed by atoms with Crippen LogP contribution >= 0.6 is 12.4 Å². The average Bonchev–Trinajstić information content (AvgIpc) is 3.28. The molecule has 2 aromatic heterocycles. The zero-order valence-corrected chi connectivity index (χ0v) is 23.4. The number of pyridine rings is 2. The number of nitrogens with one attached hydrogen (secondary N) is 1. The van der Waals surface area contributed by atoms with E-state index in [1.54, 1.807) is 17.6 Å². The third-order valence-electron chi connectivity index (χ3n) is 8.16. The number of aliphatic hydroxyl groups is 1. The maximum atomic E-state index is 13.5. The lowest BCUT2D eigenvalue weighted by atomic mass is 9.86. The van der Waals surface area contributed by atoms with Gasteiger partial charge in [-0.1, -0.05) is 13.0 Å². The molecule has 0 bridgehead atoms. The lowest BCUT2D eigenvalue weighted by molar-refractivity contribution is -0.172. The van der Waals surface area contributed by atoms with Crippen molar-refractivity contribution in [3.8, 4) is 11.4 Å². The van der Waals surface area contributed by atoms with Crippen LogP contribution in [-0.2, 0) is 34.8 Å². The summed E-state index contributed by atoms with van der Waals surface area (Å²) in [4.78, 5) is 46.5. The fraction of sp³-hybridized carbons (Fsp3) is 0.429. The summed E-state index contributed by atoms with van der Waals surface area (Å²) in [6, 6.07) is 7.27. The van der Waals surface area contributed by atoms with Gasteiger partial charge in [-0.25, -0.2) is 14.6 Å². The van der Waals surface area contributed by atoms with Crippen molar-refractivity contribution in [2.24, 2.45) is 0 Å². The molecular formula is C28H32ClN5O6. The van der Waals surface area contributed by atoms with Gasteiger partial charge in [-0.15, -0.1) is 12.4 Å². The molecule has 1 aromatic carbocycles. The molecular weight excluding hydrogens is 538 g/mol. The van der Waals surface area contributed by atoms with Crippen LogP contribution < -0.4 is 10.9 Å². The first kappa shape index (κ1) is 28.0. The standard InChI is InChI=1S/C28H31N5O6.ClH/c1-4-28(38)20-10-22-24-15(12-33(22)25(34)19(20)14-39-26(28)35)9-17-18(13-31(2)3)16(5-6-21(17)30-24)23-11-29-7-8-32(23)27(36)37;/h5-6,9-10,23,29,38H,4,7-8,11-14H2,1-3H3,(H,36,37);1H/t23-,28?;/m1./s1. The lowest BCUT2D eigenvalue weighted by Gasteiger charge is -2.36. The Bertz CT molecular complexity index is 1600. The Morgan fingerprint density at radius 3 is 2.75 bits per heavy atom. The van der Waals surface area contributed by atoms with Crippen molar-refractivity contribution in [3.63, 3.8) is 0 Å². The monoisotopic (exact) mass is 569 g/mol. The molecule has 1 unspecified atom stereocenters.